The molecule has 2 unspecified atom stereocenters. The van der Waals surface area contributed by atoms with Crippen LogP contribution in [0, 0.1) is 0 Å². The minimum absolute atomic E-state index is 0.0883. The number of allylic oxidation sites excluding steroid dienone is 1. The zero-order chi connectivity index (χ0) is 35.3. The zero-order valence-corrected chi connectivity index (χ0v) is 29.4. The molecule has 10 rings (SSSR count). The van der Waals surface area contributed by atoms with Crippen molar-refractivity contribution < 1.29 is 0 Å². The first-order valence-electron chi connectivity index (χ1n) is 18.4. The second kappa shape index (κ2) is 12.9. The van der Waals surface area contributed by atoms with Crippen LogP contribution in [0.15, 0.2) is 158 Å². The van der Waals surface area contributed by atoms with E-state index in [9.17, 15) is 0 Å². The lowest BCUT2D eigenvalue weighted by Gasteiger charge is -2.27. The first-order valence-corrected chi connectivity index (χ1v) is 18.4. The summed E-state index contributed by atoms with van der Waals surface area (Å²) >= 11 is 0. The van der Waals surface area contributed by atoms with Gasteiger partial charge in [0, 0.05) is 34.8 Å². The average molecular weight is 681 g/mol. The van der Waals surface area contributed by atoms with E-state index < -0.39 is 0 Å². The molecular formula is C49H36N4. The Labute approximate surface area is 309 Å². The second-order valence-corrected chi connectivity index (χ2v) is 14.3. The summed E-state index contributed by atoms with van der Waals surface area (Å²) in [7, 11) is 0. The second-order valence-electron chi connectivity index (χ2n) is 14.3. The van der Waals surface area contributed by atoms with Crippen molar-refractivity contribution in [3.63, 3.8) is 0 Å². The molecule has 8 aromatic rings. The predicted molar refractivity (Wildman–Crippen MR) is 216 cm³/mol. The van der Waals surface area contributed by atoms with E-state index in [-0.39, 0.29) is 5.92 Å². The highest BCUT2D eigenvalue weighted by atomic mass is 14.9. The van der Waals surface area contributed by atoms with Gasteiger partial charge in [-0.05, 0) is 99.2 Å². The van der Waals surface area contributed by atoms with Crippen LogP contribution in [0.4, 0.5) is 0 Å². The van der Waals surface area contributed by atoms with Crippen molar-refractivity contribution in [1.82, 2.24) is 19.9 Å². The molecule has 0 aliphatic heterocycles. The van der Waals surface area contributed by atoms with Crippen LogP contribution in [0.25, 0.3) is 73.3 Å². The van der Waals surface area contributed by atoms with E-state index in [1.165, 1.54) is 38.9 Å². The molecule has 5 aromatic carbocycles. The number of benzene rings is 5. The van der Waals surface area contributed by atoms with Gasteiger partial charge in [-0.15, -0.1) is 0 Å². The van der Waals surface area contributed by atoms with E-state index >= 15 is 0 Å². The molecule has 0 amide bonds. The number of aromatic nitrogens is 4. The molecule has 0 saturated heterocycles. The molecule has 4 heteroatoms. The van der Waals surface area contributed by atoms with Crippen molar-refractivity contribution >= 4 is 17.0 Å². The number of pyridine rings is 2. The molecule has 0 spiro atoms. The molecule has 0 saturated carbocycles. The Kier molecular flexibility index (Phi) is 7.61. The van der Waals surface area contributed by atoms with Crippen LogP contribution in [-0.2, 0) is 6.42 Å². The van der Waals surface area contributed by atoms with Gasteiger partial charge in [0.15, 0.2) is 5.82 Å². The van der Waals surface area contributed by atoms with Crippen LogP contribution in [-0.4, -0.2) is 19.9 Å². The topological polar surface area (TPSA) is 51.6 Å². The lowest BCUT2D eigenvalue weighted by Crippen LogP contribution is -2.15. The summed E-state index contributed by atoms with van der Waals surface area (Å²) in [5.74, 6) is 1.26. The molecule has 2 atom stereocenters. The lowest BCUT2D eigenvalue weighted by atomic mass is 9.78. The summed E-state index contributed by atoms with van der Waals surface area (Å²) in [6, 6.07) is 49.9. The molecule has 252 valence electrons. The van der Waals surface area contributed by atoms with Gasteiger partial charge in [0.05, 0.1) is 22.6 Å². The summed E-state index contributed by atoms with van der Waals surface area (Å²) in [6.45, 7) is 2.30. The van der Waals surface area contributed by atoms with Crippen LogP contribution in [0.3, 0.4) is 0 Å². The van der Waals surface area contributed by atoms with Crippen LogP contribution >= 0.6 is 0 Å². The van der Waals surface area contributed by atoms with E-state index in [1.807, 2.05) is 24.5 Å². The van der Waals surface area contributed by atoms with Crippen molar-refractivity contribution in [2.24, 2.45) is 0 Å². The minimum atomic E-state index is 0.0883. The minimum Gasteiger partial charge on any atom is -0.254 e. The maximum atomic E-state index is 5.46. The Morgan fingerprint density at radius 2 is 1.21 bits per heavy atom. The number of nitrogens with zero attached hydrogens (tertiary/aromatic N) is 4. The highest BCUT2D eigenvalue weighted by molar-refractivity contribution is 6.01. The number of hydrogen-bond donors (Lipinski definition) is 0. The SMILES string of the molecule is CC1CC=Cc2c1ccc1nc(-c3cc(-c4ccc(-c5ccccc5)cc4)cc(C4Cc5cccnc5-c5ncccc54)c3)nc(-c3ccccc3)c21. The zero-order valence-electron chi connectivity index (χ0n) is 29.4. The molecule has 4 nitrogen and oxygen atoms in total. The molecule has 3 aromatic heterocycles. The van der Waals surface area contributed by atoms with E-state index in [2.05, 4.69) is 146 Å². The fraction of sp³-hybridized carbons (Fsp3) is 0.102. The quantitative estimate of drug-likeness (QED) is 0.182. The molecule has 0 radical (unpaired) electrons. The highest BCUT2D eigenvalue weighted by Crippen LogP contribution is 2.44. The van der Waals surface area contributed by atoms with Crippen molar-refractivity contribution in [2.75, 3.05) is 0 Å². The third kappa shape index (κ3) is 5.55. The van der Waals surface area contributed by atoms with Crippen LogP contribution in [0.5, 0.6) is 0 Å². The first-order chi connectivity index (χ1) is 26.2. The lowest BCUT2D eigenvalue weighted by molar-refractivity contribution is 0.773. The Morgan fingerprint density at radius 3 is 2.00 bits per heavy atom. The molecule has 2 aliphatic carbocycles. The van der Waals surface area contributed by atoms with Crippen LogP contribution in [0.1, 0.15) is 53.0 Å². The molecule has 0 N–H and O–H groups in total. The maximum absolute atomic E-state index is 5.46. The van der Waals surface area contributed by atoms with E-state index in [4.69, 9.17) is 19.9 Å². The van der Waals surface area contributed by atoms with Crippen molar-refractivity contribution in [2.45, 2.75) is 31.6 Å². The van der Waals surface area contributed by atoms with Crippen LogP contribution in [0.2, 0.25) is 0 Å². The van der Waals surface area contributed by atoms with E-state index in [1.54, 1.807) is 0 Å². The fourth-order valence-electron chi connectivity index (χ4n) is 8.30. The summed E-state index contributed by atoms with van der Waals surface area (Å²) in [5, 5.41) is 1.12. The van der Waals surface area contributed by atoms with Crippen LogP contribution < -0.4 is 0 Å². The fourth-order valence-corrected chi connectivity index (χ4v) is 8.30. The molecule has 53 heavy (non-hydrogen) atoms. The Morgan fingerprint density at radius 1 is 0.528 bits per heavy atom. The Hall–Kier alpha value is -6.52. The van der Waals surface area contributed by atoms with Gasteiger partial charge < -0.3 is 0 Å². The largest absolute Gasteiger partial charge is 0.254 e. The molecule has 2 aliphatic rings. The summed E-state index contributed by atoms with van der Waals surface area (Å²) in [6.07, 6.45) is 10.2. The summed E-state index contributed by atoms with van der Waals surface area (Å²) in [4.78, 5) is 20.4. The van der Waals surface area contributed by atoms with Crippen molar-refractivity contribution in [1.29, 1.82) is 0 Å². The standard InChI is InChI=1S/C49H36N4/c1-31-11-8-17-41-40(31)23-24-44-45(41)46(35-14-6-3-7-15-35)53-49(52-44)39-28-37(34-21-19-33(20-22-34)32-12-4-2-5-13-32)27-38(29-39)43-30-36-16-9-25-50-47(36)48-42(43)18-10-26-51-48/h2-10,12-29,31,43H,11,30H2,1H3. The van der Waals surface area contributed by atoms with Gasteiger partial charge in [0.2, 0.25) is 0 Å². The normalized spacial score (nSPS) is 15.8. The smallest absolute Gasteiger partial charge is 0.160 e. The van der Waals surface area contributed by atoms with Gasteiger partial charge in [-0.1, -0.05) is 128 Å². The Balaban J connectivity index is 1.19. The highest BCUT2D eigenvalue weighted by Gasteiger charge is 2.29. The molecule has 0 bridgehead atoms. The van der Waals surface area contributed by atoms with Gasteiger partial charge in [-0.2, -0.15) is 0 Å². The third-order valence-corrected chi connectivity index (χ3v) is 11.0. The van der Waals surface area contributed by atoms with Gasteiger partial charge in [0.1, 0.15) is 0 Å². The van der Waals surface area contributed by atoms with Gasteiger partial charge in [-0.25, -0.2) is 9.97 Å². The van der Waals surface area contributed by atoms with E-state index in [0.29, 0.717) is 5.92 Å². The molecular weight excluding hydrogens is 645 g/mol. The molecule has 3 heterocycles. The van der Waals surface area contributed by atoms with Crippen molar-refractivity contribution in [3.05, 3.63) is 186 Å². The van der Waals surface area contributed by atoms with Crippen molar-refractivity contribution in [3.8, 4) is 56.3 Å². The Bertz CT molecular complexity index is 2680. The predicted octanol–water partition coefficient (Wildman–Crippen LogP) is 12.0. The maximum Gasteiger partial charge on any atom is 0.160 e. The average Bonchev–Trinajstić information content (AvgIpc) is 3.23. The number of rotatable bonds is 5. The number of hydrogen-bond acceptors (Lipinski definition) is 4. The third-order valence-electron chi connectivity index (χ3n) is 11.0. The van der Waals surface area contributed by atoms with Gasteiger partial charge in [0.25, 0.3) is 0 Å². The monoisotopic (exact) mass is 680 g/mol. The molecule has 0 fully saturated rings. The summed E-state index contributed by atoms with van der Waals surface area (Å²) in [5.41, 5.74) is 16.8. The van der Waals surface area contributed by atoms with Gasteiger partial charge >= 0.3 is 0 Å². The number of fused-ring (bicyclic) bond motifs is 6. The summed E-state index contributed by atoms with van der Waals surface area (Å²) < 4.78 is 0. The van der Waals surface area contributed by atoms with E-state index in [0.717, 1.165) is 68.9 Å². The first kappa shape index (κ1) is 31.2. The van der Waals surface area contributed by atoms with Gasteiger partial charge in [-0.3, -0.25) is 9.97 Å².